The van der Waals surface area contributed by atoms with Crippen molar-refractivity contribution in [3.63, 3.8) is 0 Å². The lowest BCUT2D eigenvalue weighted by molar-refractivity contribution is -0.136. The van der Waals surface area contributed by atoms with Gasteiger partial charge in [-0.1, -0.05) is 0 Å². The zero-order valence-electron chi connectivity index (χ0n) is 8.28. The molecular formula is C9H11F2N3O2. The largest absolute Gasteiger partial charge is 0.481 e. The summed E-state index contributed by atoms with van der Waals surface area (Å²) in [5.74, 6) is -1.48. The fourth-order valence-corrected chi connectivity index (χ4v) is 1.27. The van der Waals surface area contributed by atoms with Gasteiger partial charge in [-0.05, 0) is 11.6 Å². The summed E-state index contributed by atoms with van der Waals surface area (Å²) in [5.41, 5.74) is 10.6. The van der Waals surface area contributed by atoms with E-state index in [2.05, 4.69) is 4.98 Å². The van der Waals surface area contributed by atoms with Crippen molar-refractivity contribution in [2.24, 2.45) is 5.73 Å². The van der Waals surface area contributed by atoms with Gasteiger partial charge in [-0.3, -0.25) is 4.79 Å². The van der Waals surface area contributed by atoms with Crippen LogP contribution in [0.15, 0.2) is 6.07 Å². The molecule has 0 aliphatic rings. The molecule has 0 atom stereocenters. The van der Waals surface area contributed by atoms with Crippen LogP contribution in [0.4, 0.5) is 14.6 Å². The number of nitrogens with two attached hydrogens (primary N) is 2. The number of carboxylic acid groups (broad SMARTS) is 1. The third-order valence-corrected chi connectivity index (χ3v) is 2.03. The summed E-state index contributed by atoms with van der Waals surface area (Å²) >= 11 is 0. The molecule has 1 aromatic rings. The Bertz CT molecular complexity index is 410. The average Bonchev–Trinajstić information content (AvgIpc) is 2.16. The molecule has 0 saturated carbocycles. The molecule has 0 aromatic carbocycles. The Balaban J connectivity index is 3.20. The number of nitrogens with zero attached hydrogens (tertiary/aromatic N) is 1. The molecule has 16 heavy (non-hydrogen) atoms. The smallest absolute Gasteiger partial charge is 0.309 e. The molecule has 0 spiro atoms. The van der Waals surface area contributed by atoms with Crippen molar-refractivity contribution in [1.29, 1.82) is 0 Å². The number of halogens is 2. The van der Waals surface area contributed by atoms with Crippen molar-refractivity contribution in [2.45, 2.75) is 19.4 Å². The predicted octanol–water partition coefficient (Wildman–Crippen LogP) is 0.687. The summed E-state index contributed by atoms with van der Waals surface area (Å²) in [6.45, 7) is -0.0599. The molecule has 0 amide bonds. The number of alkyl halides is 2. The quantitative estimate of drug-likeness (QED) is 0.707. The molecule has 1 aromatic heterocycles. The topological polar surface area (TPSA) is 102 Å². The SMILES string of the molecule is NCc1cc(C(F)F)c(N)nc1CC(=O)O. The number of carbonyl (C=O) groups is 1. The van der Waals surface area contributed by atoms with Crippen molar-refractivity contribution >= 4 is 11.8 Å². The maximum atomic E-state index is 12.5. The zero-order valence-corrected chi connectivity index (χ0v) is 8.28. The van der Waals surface area contributed by atoms with Crippen LogP contribution in [0.3, 0.4) is 0 Å². The van der Waals surface area contributed by atoms with E-state index < -0.39 is 18.0 Å². The molecule has 1 heterocycles. The van der Waals surface area contributed by atoms with Gasteiger partial charge in [0.25, 0.3) is 6.43 Å². The lowest BCUT2D eigenvalue weighted by atomic mass is 10.1. The molecule has 0 saturated heterocycles. The van der Waals surface area contributed by atoms with Gasteiger partial charge < -0.3 is 16.6 Å². The average molecular weight is 231 g/mol. The van der Waals surface area contributed by atoms with Gasteiger partial charge in [0.15, 0.2) is 0 Å². The van der Waals surface area contributed by atoms with Gasteiger partial charge in [0.2, 0.25) is 0 Å². The molecule has 88 valence electrons. The van der Waals surface area contributed by atoms with Crippen LogP contribution in [0.2, 0.25) is 0 Å². The Labute approximate surface area is 90.1 Å². The molecule has 5 N–H and O–H groups in total. The minimum Gasteiger partial charge on any atom is -0.481 e. The molecular weight excluding hydrogens is 220 g/mol. The Hall–Kier alpha value is -1.76. The van der Waals surface area contributed by atoms with Crippen LogP contribution < -0.4 is 11.5 Å². The standard InChI is InChI=1S/C9H11F2N3O2/c10-8(11)5-1-4(3-12)6(2-7(15)16)14-9(5)13/h1,8H,2-3,12H2,(H2,13,14)(H,15,16). The fraction of sp³-hybridized carbons (Fsp3) is 0.333. The van der Waals surface area contributed by atoms with E-state index in [1.165, 1.54) is 0 Å². The predicted molar refractivity (Wildman–Crippen MR) is 52.8 cm³/mol. The van der Waals surface area contributed by atoms with Gasteiger partial charge in [-0.25, -0.2) is 13.8 Å². The summed E-state index contributed by atoms with van der Waals surface area (Å²) < 4.78 is 24.9. The fourth-order valence-electron chi connectivity index (χ4n) is 1.27. The van der Waals surface area contributed by atoms with E-state index in [1.54, 1.807) is 0 Å². The maximum absolute atomic E-state index is 12.5. The number of anilines is 1. The van der Waals surface area contributed by atoms with Crippen LogP contribution in [-0.2, 0) is 17.8 Å². The monoisotopic (exact) mass is 231 g/mol. The van der Waals surface area contributed by atoms with Crippen LogP contribution in [0.5, 0.6) is 0 Å². The number of aliphatic carboxylic acids is 1. The first-order valence-corrected chi connectivity index (χ1v) is 4.43. The Morgan fingerprint density at radius 2 is 2.19 bits per heavy atom. The molecule has 5 nitrogen and oxygen atoms in total. The van der Waals surface area contributed by atoms with Gasteiger partial charge in [-0.15, -0.1) is 0 Å². The van der Waals surface area contributed by atoms with E-state index in [4.69, 9.17) is 16.6 Å². The first kappa shape index (κ1) is 12.3. The third-order valence-electron chi connectivity index (χ3n) is 2.03. The molecule has 0 fully saturated rings. The molecule has 0 aliphatic heterocycles. The highest BCUT2D eigenvalue weighted by molar-refractivity contribution is 5.70. The number of carboxylic acids is 1. The van der Waals surface area contributed by atoms with Crippen LogP contribution in [-0.4, -0.2) is 16.1 Å². The van der Waals surface area contributed by atoms with E-state index in [1.807, 2.05) is 0 Å². The summed E-state index contributed by atoms with van der Waals surface area (Å²) in [4.78, 5) is 14.1. The van der Waals surface area contributed by atoms with Crippen molar-refractivity contribution in [3.05, 3.63) is 22.9 Å². The van der Waals surface area contributed by atoms with Crippen molar-refractivity contribution in [2.75, 3.05) is 5.73 Å². The van der Waals surface area contributed by atoms with Crippen molar-refractivity contribution in [3.8, 4) is 0 Å². The molecule has 1 rings (SSSR count). The number of aromatic nitrogens is 1. The second-order valence-corrected chi connectivity index (χ2v) is 3.14. The molecule has 0 radical (unpaired) electrons. The van der Waals surface area contributed by atoms with Crippen LogP contribution >= 0.6 is 0 Å². The molecule has 0 aliphatic carbocycles. The van der Waals surface area contributed by atoms with E-state index >= 15 is 0 Å². The lowest BCUT2D eigenvalue weighted by Gasteiger charge is -2.10. The Kier molecular flexibility index (Phi) is 3.73. The van der Waals surface area contributed by atoms with Gasteiger partial charge in [0.1, 0.15) is 5.82 Å². The number of rotatable bonds is 4. The highest BCUT2D eigenvalue weighted by Gasteiger charge is 2.17. The van der Waals surface area contributed by atoms with E-state index in [0.717, 1.165) is 6.07 Å². The maximum Gasteiger partial charge on any atom is 0.309 e. The van der Waals surface area contributed by atoms with Gasteiger partial charge in [-0.2, -0.15) is 0 Å². The summed E-state index contributed by atoms with van der Waals surface area (Å²) in [6.07, 6.45) is -3.14. The van der Waals surface area contributed by atoms with Crippen LogP contribution in [0.1, 0.15) is 23.2 Å². The minimum absolute atomic E-state index is 0.0599. The van der Waals surface area contributed by atoms with Crippen molar-refractivity contribution < 1.29 is 18.7 Å². The highest BCUT2D eigenvalue weighted by atomic mass is 19.3. The normalized spacial score (nSPS) is 10.8. The lowest BCUT2D eigenvalue weighted by Crippen LogP contribution is -2.12. The Morgan fingerprint density at radius 3 is 2.62 bits per heavy atom. The van der Waals surface area contributed by atoms with Crippen LogP contribution in [0.25, 0.3) is 0 Å². The molecule has 0 bridgehead atoms. The number of pyridine rings is 1. The zero-order chi connectivity index (χ0) is 12.3. The number of hydrogen-bond donors (Lipinski definition) is 3. The number of hydrogen-bond acceptors (Lipinski definition) is 4. The van der Waals surface area contributed by atoms with Gasteiger partial charge in [0.05, 0.1) is 17.7 Å². The van der Waals surface area contributed by atoms with E-state index in [9.17, 15) is 13.6 Å². The minimum atomic E-state index is -2.75. The first-order chi connectivity index (χ1) is 7.45. The highest BCUT2D eigenvalue weighted by Crippen LogP contribution is 2.25. The second-order valence-electron chi connectivity index (χ2n) is 3.14. The van der Waals surface area contributed by atoms with Gasteiger partial charge >= 0.3 is 5.97 Å². The van der Waals surface area contributed by atoms with Gasteiger partial charge in [0, 0.05) is 6.54 Å². The summed E-state index contributed by atoms with van der Waals surface area (Å²) in [7, 11) is 0. The molecule has 0 unspecified atom stereocenters. The summed E-state index contributed by atoms with van der Waals surface area (Å²) in [6, 6.07) is 1.10. The van der Waals surface area contributed by atoms with Crippen molar-refractivity contribution in [1.82, 2.24) is 4.98 Å². The third kappa shape index (κ3) is 2.63. The second kappa shape index (κ2) is 4.84. The van der Waals surface area contributed by atoms with E-state index in [0.29, 0.717) is 0 Å². The van der Waals surface area contributed by atoms with E-state index in [-0.39, 0.29) is 30.0 Å². The first-order valence-electron chi connectivity index (χ1n) is 4.43. The number of nitrogen functional groups attached to an aromatic ring is 1. The molecule has 7 heteroatoms. The van der Waals surface area contributed by atoms with Crippen LogP contribution in [0, 0.1) is 0 Å². The summed E-state index contributed by atoms with van der Waals surface area (Å²) in [5, 5.41) is 8.59. The Morgan fingerprint density at radius 1 is 1.56 bits per heavy atom.